The molecule has 2 aliphatic carbocycles. The van der Waals surface area contributed by atoms with Crippen LogP contribution in [-0.2, 0) is 24.0 Å². The molecule has 1 spiro atoms. The van der Waals surface area contributed by atoms with Gasteiger partial charge in [0.25, 0.3) is 0 Å². The van der Waals surface area contributed by atoms with E-state index in [2.05, 4.69) is 10.6 Å². The van der Waals surface area contributed by atoms with Crippen molar-refractivity contribution >= 4 is 29.5 Å². The number of halogens is 3. The molecule has 2 saturated heterocycles. The second-order valence-electron chi connectivity index (χ2n) is 13.4. The van der Waals surface area contributed by atoms with Crippen LogP contribution in [-0.4, -0.2) is 70.8 Å². The van der Waals surface area contributed by atoms with Crippen LogP contribution in [0.15, 0.2) is 0 Å². The third-order valence-electron chi connectivity index (χ3n) is 9.29. The van der Waals surface area contributed by atoms with Crippen LogP contribution in [0.5, 0.6) is 0 Å². The van der Waals surface area contributed by atoms with Gasteiger partial charge in [-0.2, -0.15) is 13.2 Å². The van der Waals surface area contributed by atoms with Gasteiger partial charge in [-0.1, -0.05) is 34.6 Å². The number of carbonyl (C=O) groups excluding carboxylic acids is 5. The highest BCUT2D eigenvalue weighted by Crippen LogP contribution is 2.65. The molecule has 0 aromatic rings. The molecule has 2 heterocycles. The number of nitrogens with one attached hydrogen (secondary N) is 3. The van der Waals surface area contributed by atoms with E-state index in [4.69, 9.17) is 5.73 Å². The summed E-state index contributed by atoms with van der Waals surface area (Å²) >= 11 is 0. The molecule has 10 nitrogen and oxygen atoms in total. The third kappa shape index (κ3) is 5.32. The van der Waals surface area contributed by atoms with Gasteiger partial charge in [0.1, 0.15) is 18.1 Å². The molecule has 5 N–H and O–H groups in total. The van der Waals surface area contributed by atoms with Crippen LogP contribution in [0.2, 0.25) is 0 Å². The van der Waals surface area contributed by atoms with Crippen molar-refractivity contribution in [2.45, 2.75) is 96.6 Å². The first-order chi connectivity index (χ1) is 17.8. The van der Waals surface area contributed by atoms with Crippen molar-refractivity contribution in [2.75, 3.05) is 6.54 Å². The first-order valence-electron chi connectivity index (χ1n) is 13.4. The topological polar surface area (TPSA) is 151 Å². The monoisotopic (exact) mass is 557 g/mol. The first-order valence-corrected chi connectivity index (χ1v) is 13.4. The second kappa shape index (κ2) is 9.36. The average Bonchev–Trinajstić information content (AvgIpc) is 3.10. The number of nitrogens with two attached hydrogens (primary N) is 1. The zero-order valence-electron chi connectivity index (χ0n) is 22.9. The van der Waals surface area contributed by atoms with E-state index in [0.29, 0.717) is 6.42 Å². The summed E-state index contributed by atoms with van der Waals surface area (Å²) in [4.78, 5) is 65.1. The second-order valence-corrected chi connectivity index (χ2v) is 13.4. The molecule has 0 aromatic heterocycles. The Kier molecular flexibility index (Phi) is 6.99. The van der Waals surface area contributed by atoms with Gasteiger partial charge in [-0.05, 0) is 54.8 Å². The average molecular weight is 558 g/mol. The van der Waals surface area contributed by atoms with Gasteiger partial charge < -0.3 is 26.6 Å². The molecule has 2 aliphatic heterocycles. The Labute approximate surface area is 225 Å². The minimum atomic E-state index is -5.19. The lowest BCUT2D eigenvalue weighted by molar-refractivity contribution is -0.176. The van der Waals surface area contributed by atoms with E-state index in [1.54, 1.807) is 0 Å². The summed E-state index contributed by atoms with van der Waals surface area (Å²) in [5.41, 5.74) is 3.94. The lowest BCUT2D eigenvalue weighted by atomic mass is 9.74. The van der Waals surface area contributed by atoms with Crippen molar-refractivity contribution in [3.05, 3.63) is 0 Å². The molecule has 2 saturated carbocycles. The quantitative estimate of drug-likeness (QED) is 0.368. The van der Waals surface area contributed by atoms with Crippen LogP contribution in [0.1, 0.15) is 66.7 Å². The fourth-order valence-electron chi connectivity index (χ4n) is 6.73. The lowest BCUT2D eigenvalue weighted by Crippen LogP contribution is -2.61. The van der Waals surface area contributed by atoms with Gasteiger partial charge >= 0.3 is 12.1 Å². The molecule has 4 aliphatic rings. The number of nitrogens with zero attached hydrogens (tertiary/aromatic N) is 1. The standard InChI is InChI=1S/C26H38F3N5O5/c1-23(2,3)17(32-22(39)26(27,28)29)21(38)34-11-13-15(24(13,4)5)16(34)20(37)31-14(18(30)35)9-12-10-25(7-6-8-25)33-19(12)36/h12-17H,6-11H2,1-5H3,(H2,30,35)(H,31,37)(H,32,39)(H,33,36)/t12?,13-,14-,15-,16-,17+/m0/s1. The number of fused-ring (bicyclic) bond motifs is 1. The van der Waals surface area contributed by atoms with Gasteiger partial charge in [-0.3, -0.25) is 24.0 Å². The summed E-state index contributed by atoms with van der Waals surface area (Å²) < 4.78 is 39.1. The lowest BCUT2D eigenvalue weighted by Gasteiger charge is -2.38. The number of rotatable bonds is 7. The van der Waals surface area contributed by atoms with Crippen LogP contribution < -0.4 is 21.7 Å². The summed E-state index contributed by atoms with van der Waals surface area (Å²) in [6.45, 7) is 8.55. The number of hydrogen-bond donors (Lipinski definition) is 4. The Hall–Kier alpha value is -2.86. The van der Waals surface area contributed by atoms with Crippen LogP contribution in [0, 0.1) is 28.6 Å². The number of alkyl halides is 3. The molecule has 4 fully saturated rings. The number of primary amides is 1. The summed E-state index contributed by atoms with van der Waals surface area (Å²) in [5, 5.41) is 7.44. The van der Waals surface area contributed by atoms with E-state index >= 15 is 0 Å². The molecule has 5 amide bonds. The molecule has 0 bridgehead atoms. The van der Waals surface area contributed by atoms with Crippen molar-refractivity contribution in [3.63, 3.8) is 0 Å². The molecule has 4 rings (SSSR count). The molecule has 6 atom stereocenters. The molecule has 1 unspecified atom stereocenters. The number of hydrogen-bond acceptors (Lipinski definition) is 5. The summed E-state index contributed by atoms with van der Waals surface area (Å²) in [5.74, 6) is -5.59. The van der Waals surface area contributed by atoms with E-state index in [0.717, 1.165) is 19.3 Å². The Morgan fingerprint density at radius 1 is 1.13 bits per heavy atom. The largest absolute Gasteiger partial charge is 0.471 e. The van der Waals surface area contributed by atoms with Gasteiger partial charge in [-0.15, -0.1) is 0 Å². The predicted octanol–water partition coefficient (Wildman–Crippen LogP) is 0.982. The molecule has 39 heavy (non-hydrogen) atoms. The van der Waals surface area contributed by atoms with Crippen molar-refractivity contribution in [2.24, 2.45) is 34.3 Å². The fourth-order valence-corrected chi connectivity index (χ4v) is 6.73. The van der Waals surface area contributed by atoms with Gasteiger partial charge in [0.05, 0.1) is 0 Å². The van der Waals surface area contributed by atoms with E-state index in [1.165, 1.54) is 25.7 Å². The molecule has 0 aromatic carbocycles. The van der Waals surface area contributed by atoms with E-state index < -0.39 is 59.3 Å². The molecular weight excluding hydrogens is 519 g/mol. The van der Waals surface area contributed by atoms with E-state index in [1.807, 2.05) is 19.2 Å². The fraction of sp³-hybridized carbons (Fsp3) is 0.808. The maximum absolute atomic E-state index is 13.6. The maximum atomic E-state index is 13.6. The van der Waals surface area contributed by atoms with Gasteiger partial charge in [0.15, 0.2) is 0 Å². The molecular formula is C26H38F3N5O5. The highest BCUT2D eigenvalue weighted by molar-refractivity contribution is 5.96. The highest BCUT2D eigenvalue weighted by Gasteiger charge is 2.70. The van der Waals surface area contributed by atoms with Crippen LogP contribution in [0.3, 0.4) is 0 Å². The van der Waals surface area contributed by atoms with E-state index in [-0.39, 0.29) is 41.7 Å². The zero-order chi connectivity index (χ0) is 29.3. The Morgan fingerprint density at radius 3 is 2.21 bits per heavy atom. The normalized spacial score (nSPS) is 30.1. The first kappa shape index (κ1) is 29.1. The molecule has 0 radical (unpaired) electrons. The van der Waals surface area contributed by atoms with Crippen LogP contribution in [0.4, 0.5) is 13.2 Å². The Balaban J connectivity index is 1.53. The van der Waals surface area contributed by atoms with Crippen LogP contribution >= 0.6 is 0 Å². The van der Waals surface area contributed by atoms with Gasteiger partial charge in [0.2, 0.25) is 23.6 Å². The minimum Gasteiger partial charge on any atom is -0.368 e. The van der Waals surface area contributed by atoms with Crippen molar-refractivity contribution in [3.8, 4) is 0 Å². The minimum absolute atomic E-state index is 0.0130. The molecule has 218 valence electrons. The summed E-state index contributed by atoms with van der Waals surface area (Å²) in [6.07, 6.45) is -1.90. The zero-order valence-corrected chi connectivity index (χ0v) is 22.9. The van der Waals surface area contributed by atoms with Crippen molar-refractivity contribution in [1.82, 2.24) is 20.9 Å². The molecule has 13 heteroatoms. The van der Waals surface area contributed by atoms with Gasteiger partial charge in [0, 0.05) is 18.0 Å². The number of carbonyl (C=O) groups is 5. The SMILES string of the molecule is CC(C)(C)[C@H](NC(=O)C(F)(F)F)C(=O)N1C[C@H]2[C@@H]([C@H]1C(=O)N[C@@H](CC1CC3(CCC3)NC1=O)C(N)=O)C2(C)C. The maximum Gasteiger partial charge on any atom is 0.471 e. The Bertz CT molecular complexity index is 1080. The highest BCUT2D eigenvalue weighted by atomic mass is 19.4. The number of likely N-dealkylation sites (tertiary alicyclic amines) is 1. The number of amides is 5. The summed E-state index contributed by atoms with van der Waals surface area (Å²) in [6, 6.07) is -3.78. The smallest absolute Gasteiger partial charge is 0.368 e. The predicted molar refractivity (Wildman–Crippen MR) is 132 cm³/mol. The third-order valence-corrected chi connectivity index (χ3v) is 9.29. The van der Waals surface area contributed by atoms with Crippen molar-refractivity contribution < 1.29 is 37.1 Å². The Morgan fingerprint density at radius 2 is 1.74 bits per heavy atom. The van der Waals surface area contributed by atoms with E-state index in [9.17, 15) is 37.1 Å². The number of piperidine rings is 1. The van der Waals surface area contributed by atoms with Gasteiger partial charge in [-0.25, -0.2) is 0 Å². The van der Waals surface area contributed by atoms with Crippen molar-refractivity contribution in [1.29, 1.82) is 0 Å². The summed E-state index contributed by atoms with van der Waals surface area (Å²) in [7, 11) is 0. The van der Waals surface area contributed by atoms with Crippen LogP contribution in [0.25, 0.3) is 0 Å².